The lowest BCUT2D eigenvalue weighted by Crippen LogP contribution is -2.16. The van der Waals surface area contributed by atoms with Crippen molar-refractivity contribution < 1.29 is 19.0 Å². The van der Waals surface area contributed by atoms with Gasteiger partial charge >= 0.3 is 5.97 Å². The van der Waals surface area contributed by atoms with Gasteiger partial charge in [0.15, 0.2) is 16.5 Å². The number of thiazole rings is 1. The number of hydrogen-bond donors (Lipinski definition) is 0. The van der Waals surface area contributed by atoms with Crippen molar-refractivity contribution in [3.8, 4) is 11.5 Å². The summed E-state index contributed by atoms with van der Waals surface area (Å²) in [6, 6.07) is 4.96. The van der Waals surface area contributed by atoms with Crippen LogP contribution in [0.2, 0.25) is 5.02 Å². The van der Waals surface area contributed by atoms with Gasteiger partial charge in [-0.2, -0.15) is 0 Å². The molecule has 0 unspecified atom stereocenters. The lowest BCUT2D eigenvalue weighted by molar-refractivity contribution is 0.0474. The van der Waals surface area contributed by atoms with Crippen molar-refractivity contribution in [2.45, 2.75) is 13.5 Å². The maximum absolute atomic E-state index is 12.6. The molecule has 7 nitrogen and oxygen atoms in total. The predicted molar refractivity (Wildman–Crippen MR) is 111 cm³/mol. The normalized spacial score (nSPS) is 13.2. The van der Waals surface area contributed by atoms with Crippen molar-refractivity contribution in [2.24, 2.45) is 0 Å². The van der Waals surface area contributed by atoms with E-state index >= 15 is 0 Å². The monoisotopic (exact) mass is 448 g/mol. The van der Waals surface area contributed by atoms with E-state index in [4.69, 9.17) is 25.8 Å². The average molecular weight is 449 g/mol. The van der Waals surface area contributed by atoms with E-state index in [1.54, 1.807) is 6.07 Å². The second-order valence-electron chi connectivity index (χ2n) is 6.39. The number of esters is 1. The highest BCUT2D eigenvalue weighted by Crippen LogP contribution is 2.42. The first-order valence-electron chi connectivity index (χ1n) is 8.67. The Morgan fingerprint density at radius 1 is 1.28 bits per heavy atom. The van der Waals surface area contributed by atoms with Crippen LogP contribution < -0.4 is 15.0 Å². The van der Waals surface area contributed by atoms with Crippen molar-refractivity contribution in [3.63, 3.8) is 0 Å². The van der Waals surface area contributed by atoms with Crippen LogP contribution >= 0.6 is 34.3 Å². The summed E-state index contributed by atoms with van der Waals surface area (Å²) in [6.45, 7) is 2.67. The first-order valence-corrected chi connectivity index (χ1v) is 10.7. The summed E-state index contributed by atoms with van der Waals surface area (Å²) in [4.78, 5) is 30.1. The molecule has 10 heteroatoms. The summed E-state index contributed by atoms with van der Waals surface area (Å²) in [5.74, 6) is 0.666. The van der Waals surface area contributed by atoms with Gasteiger partial charge in [0.25, 0.3) is 5.56 Å². The van der Waals surface area contributed by atoms with Gasteiger partial charge in [0.2, 0.25) is 0 Å². The maximum Gasteiger partial charge on any atom is 0.350 e. The highest BCUT2D eigenvalue weighted by atomic mass is 35.5. The molecule has 0 saturated heterocycles. The number of fused-ring (bicyclic) bond motifs is 3. The van der Waals surface area contributed by atoms with Crippen LogP contribution in [0, 0.1) is 6.92 Å². The van der Waals surface area contributed by atoms with E-state index < -0.39 is 5.97 Å². The average Bonchev–Trinajstić information content (AvgIpc) is 3.25. The van der Waals surface area contributed by atoms with Gasteiger partial charge in [0, 0.05) is 33.3 Å². The highest BCUT2D eigenvalue weighted by Gasteiger charge is 2.22. The third-order valence-electron chi connectivity index (χ3n) is 4.46. The molecule has 4 heterocycles. The van der Waals surface area contributed by atoms with Gasteiger partial charge in [-0.25, -0.2) is 9.78 Å². The highest BCUT2D eigenvalue weighted by molar-refractivity contribution is 7.21. The minimum Gasteiger partial charge on any atom is -0.486 e. The Hall–Kier alpha value is -2.62. The first-order chi connectivity index (χ1) is 14.0. The van der Waals surface area contributed by atoms with E-state index in [2.05, 4.69) is 4.98 Å². The number of aryl methyl sites for hydroxylation is 1. The Labute approximate surface area is 177 Å². The number of thiophene rings is 1. The fraction of sp³-hybridized carbons (Fsp3) is 0.211. The van der Waals surface area contributed by atoms with Crippen molar-refractivity contribution in [1.29, 1.82) is 0 Å². The molecule has 0 fully saturated rings. The molecular formula is C19H13ClN2O5S2. The molecule has 0 N–H and O–H groups in total. The fourth-order valence-corrected chi connectivity index (χ4v) is 5.41. The quantitative estimate of drug-likeness (QED) is 0.440. The molecule has 0 amide bonds. The number of benzene rings is 1. The SMILES string of the molecule is Cc1csc2nc(COC(=O)c3sc4cc5c(cc4c3Cl)OCCO5)cc(=O)n12. The molecule has 0 saturated carbocycles. The summed E-state index contributed by atoms with van der Waals surface area (Å²) in [5, 5.41) is 2.87. The largest absolute Gasteiger partial charge is 0.486 e. The van der Waals surface area contributed by atoms with Crippen LogP contribution in [0.15, 0.2) is 28.4 Å². The van der Waals surface area contributed by atoms with Gasteiger partial charge in [-0.15, -0.1) is 22.7 Å². The molecule has 3 aromatic heterocycles. The van der Waals surface area contributed by atoms with Gasteiger partial charge < -0.3 is 14.2 Å². The van der Waals surface area contributed by atoms with Crippen LogP contribution in [0.4, 0.5) is 0 Å². The zero-order chi connectivity index (χ0) is 20.1. The van der Waals surface area contributed by atoms with E-state index in [1.807, 2.05) is 18.4 Å². The molecule has 1 aliphatic rings. The van der Waals surface area contributed by atoms with Crippen LogP contribution in [-0.2, 0) is 11.3 Å². The van der Waals surface area contributed by atoms with Gasteiger partial charge in [0.1, 0.15) is 24.7 Å². The molecule has 29 heavy (non-hydrogen) atoms. The molecule has 5 rings (SSSR count). The summed E-state index contributed by atoms with van der Waals surface area (Å²) in [5.41, 5.74) is 1.00. The standard InChI is InChI=1S/C19H13ClN2O5S2/c1-9-8-28-19-21-10(4-15(23)22(9)19)7-27-18(24)17-16(20)11-5-12-13(6-14(11)29-17)26-3-2-25-12/h4-6,8H,2-3,7H2,1H3. The molecule has 1 aliphatic heterocycles. The Balaban J connectivity index is 1.41. The van der Waals surface area contributed by atoms with Gasteiger partial charge in [-0.05, 0) is 13.0 Å². The van der Waals surface area contributed by atoms with Crippen molar-refractivity contribution in [1.82, 2.24) is 9.38 Å². The van der Waals surface area contributed by atoms with E-state index in [0.29, 0.717) is 45.8 Å². The molecular weight excluding hydrogens is 436 g/mol. The number of nitrogens with zero attached hydrogens (tertiary/aromatic N) is 2. The summed E-state index contributed by atoms with van der Waals surface area (Å²) >= 11 is 9.01. The van der Waals surface area contributed by atoms with Crippen LogP contribution in [-0.4, -0.2) is 28.6 Å². The molecule has 0 radical (unpaired) electrons. The molecule has 0 aliphatic carbocycles. The number of carbonyl (C=O) groups excluding carboxylic acids is 1. The van der Waals surface area contributed by atoms with E-state index in [-0.39, 0.29) is 17.0 Å². The second-order valence-corrected chi connectivity index (χ2v) is 8.66. The Morgan fingerprint density at radius 2 is 2.03 bits per heavy atom. The topological polar surface area (TPSA) is 79.1 Å². The van der Waals surface area contributed by atoms with Crippen LogP contribution in [0.5, 0.6) is 11.5 Å². The summed E-state index contributed by atoms with van der Waals surface area (Å²) < 4.78 is 18.9. The number of hydrogen-bond acceptors (Lipinski definition) is 8. The zero-order valence-electron chi connectivity index (χ0n) is 15.1. The van der Waals surface area contributed by atoms with Gasteiger partial charge in [-0.3, -0.25) is 9.20 Å². The fourth-order valence-electron chi connectivity index (χ4n) is 3.11. The number of ether oxygens (including phenoxy) is 3. The molecule has 0 spiro atoms. The second kappa shape index (κ2) is 7.01. The van der Waals surface area contributed by atoms with Crippen LogP contribution in [0.3, 0.4) is 0 Å². The number of carbonyl (C=O) groups is 1. The molecule has 1 aromatic carbocycles. The van der Waals surface area contributed by atoms with Crippen LogP contribution in [0.1, 0.15) is 21.1 Å². The Morgan fingerprint density at radius 3 is 2.83 bits per heavy atom. The maximum atomic E-state index is 12.6. The number of halogens is 1. The minimum atomic E-state index is -0.569. The predicted octanol–water partition coefficient (Wildman–Crippen LogP) is 4.06. The van der Waals surface area contributed by atoms with Crippen LogP contribution in [0.25, 0.3) is 15.0 Å². The lowest BCUT2D eigenvalue weighted by Gasteiger charge is -2.18. The van der Waals surface area contributed by atoms with E-state index in [9.17, 15) is 9.59 Å². The first kappa shape index (κ1) is 18.4. The van der Waals surface area contributed by atoms with Gasteiger partial charge in [-0.1, -0.05) is 11.6 Å². The molecule has 148 valence electrons. The third kappa shape index (κ3) is 3.15. The summed E-state index contributed by atoms with van der Waals surface area (Å²) in [6.07, 6.45) is 0. The Bertz CT molecular complexity index is 1340. The number of rotatable bonds is 3. The Kier molecular flexibility index (Phi) is 4.45. The van der Waals surface area contributed by atoms with Crippen molar-refractivity contribution >= 4 is 55.3 Å². The van der Waals surface area contributed by atoms with Crippen molar-refractivity contribution in [2.75, 3.05) is 13.2 Å². The lowest BCUT2D eigenvalue weighted by atomic mass is 10.2. The molecule has 0 bridgehead atoms. The smallest absolute Gasteiger partial charge is 0.350 e. The minimum absolute atomic E-state index is 0.116. The molecule has 4 aromatic rings. The zero-order valence-corrected chi connectivity index (χ0v) is 17.4. The summed E-state index contributed by atoms with van der Waals surface area (Å²) in [7, 11) is 0. The third-order valence-corrected chi connectivity index (χ3v) is 7.04. The molecule has 0 atom stereocenters. The van der Waals surface area contributed by atoms with E-state index in [0.717, 1.165) is 10.4 Å². The number of aromatic nitrogens is 2. The van der Waals surface area contributed by atoms with Crippen molar-refractivity contribution in [3.05, 3.63) is 55.2 Å². The van der Waals surface area contributed by atoms with E-state index in [1.165, 1.54) is 33.1 Å². The van der Waals surface area contributed by atoms with Gasteiger partial charge in [0.05, 0.1) is 10.7 Å².